The molecule has 0 saturated heterocycles. The molecular weight excluding hydrogens is 250 g/mol. The van der Waals surface area contributed by atoms with Crippen LogP contribution in [-0.2, 0) is 6.54 Å². The minimum Gasteiger partial charge on any atom is -0.399 e. The van der Waals surface area contributed by atoms with Crippen molar-refractivity contribution in [1.82, 2.24) is 15.0 Å². The molecule has 0 fully saturated rings. The van der Waals surface area contributed by atoms with Gasteiger partial charge >= 0.3 is 0 Å². The molecule has 5 heteroatoms. The number of pyridine rings is 1. The van der Waals surface area contributed by atoms with Crippen LogP contribution in [0, 0.1) is 0 Å². The highest BCUT2D eigenvalue weighted by atomic mass is 15.3. The largest absolute Gasteiger partial charge is 0.399 e. The Labute approximate surface area is 117 Å². The number of H-pyrrole nitrogens is 1. The van der Waals surface area contributed by atoms with Crippen molar-refractivity contribution in [3.63, 3.8) is 0 Å². The predicted octanol–water partition coefficient (Wildman–Crippen LogP) is 2.57. The van der Waals surface area contributed by atoms with E-state index >= 15 is 0 Å². The number of nitrogens with two attached hydrogens (primary N) is 1. The molecule has 0 amide bonds. The maximum Gasteiger partial charge on any atom is 0.204 e. The standard InChI is InChI=1S/C15H17N5/c1-2-20(10-11-5-7-17-8-6-11)15-18-13-4-3-12(16)9-14(13)19-15/h3-9H,2,10,16H2,1H3,(H,18,19). The number of anilines is 2. The van der Waals surface area contributed by atoms with Crippen LogP contribution in [-0.4, -0.2) is 21.5 Å². The van der Waals surface area contributed by atoms with Crippen LogP contribution in [0.25, 0.3) is 11.0 Å². The van der Waals surface area contributed by atoms with E-state index in [2.05, 4.69) is 26.8 Å². The van der Waals surface area contributed by atoms with Crippen LogP contribution < -0.4 is 10.6 Å². The SMILES string of the molecule is CCN(Cc1ccncc1)c1nc2ccc(N)cc2[nH]1. The molecule has 5 nitrogen and oxygen atoms in total. The lowest BCUT2D eigenvalue weighted by Crippen LogP contribution is -2.23. The summed E-state index contributed by atoms with van der Waals surface area (Å²) in [6.45, 7) is 3.79. The summed E-state index contributed by atoms with van der Waals surface area (Å²) in [6, 6.07) is 9.75. The Morgan fingerprint density at radius 1 is 1.20 bits per heavy atom. The van der Waals surface area contributed by atoms with Crippen LogP contribution >= 0.6 is 0 Å². The summed E-state index contributed by atoms with van der Waals surface area (Å²) < 4.78 is 0. The van der Waals surface area contributed by atoms with Crippen molar-refractivity contribution in [2.75, 3.05) is 17.2 Å². The number of hydrogen-bond donors (Lipinski definition) is 2. The fourth-order valence-corrected chi connectivity index (χ4v) is 2.21. The first-order valence-electron chi connectivity index (χ1n) is 6.65. The van der Waals surface area contributed by atoms with Crippen LogP contribution in [0.2, 0.25) is 0 Å². The second-order valence-electron chi connectivity index (χ2n) is 4.71. The smallest absolute Gasteiger partial charge is 0.204 e. The molecule has 20 heavy (non-hydrogen) atoms. The van der Waals surface area contributed by atoms with Gasteiger partial charge in [-0.05, 0) is 42.8 Å². The first-order chi connectivity index (χ1) is 9.76. The summed E-state index contributed by atoms with van der Waals surface area (Å²) in [4.78, 5) is 14.2. The van der Waals surface area contributed by atoms with Crippen molar-refractivity contribution in [3.05, 3.63) is 48.3 Å². The zero-order valence-electron chi connectivity index (χ0n) is 11.4. The fraction of sp³-hybridized carbons (Fsp3) is 0.200. The van der Waals surface area contributed by atoms with Gasteiger partial charge in [-0.15, -0.1) is 0 Å². The summed E-state index contributed by atoms with van der Waals surface area (Å²) in [5.74, 6) is 0.866. The molecule has 102 valence electrons. The molecule has 2 heterocycles. The van der Waals surface area contributed by atoms with Gasteiger partial charge in [0.15, 0.2) is 0 Å². The number of imidazole rings is 1. The van der Waals surface area contributed by atoms with Gasteiger partial charge in [0, 0.05) is 31.2 Å². The molecule has 3 aromatic rings. The number of rotatable bonds is 4. The number of hydrogen-bond acceptors (Lipinski definition) is 4. The number of benzene rings is 1. The second kappa shape index (κ2) is 5.21. The number of nitrogens with one attached hydrogen (secondary N) is 1. The van der Waals surface area contributed by atoms with Crippen LogP contribution in [0.4, 0.5) is 11.6 Å². The van der Waals surface area contributed by atoms with Gasteiger partial charge in [0.05, 0.1) is 11.0 Å². The van der Waals surface area contributed by atoms with Crippen molar-refractivity contribution >= 4 is 22.7 Å². The first-order valence-corrected chi connectivity index (χ1v) is 6.65. The first kappa shape index (κ1) is 12.5. The summed E-state index contributed by atoms with van der Waals surface area (Å²) in [6.07, 6.45) is 3.62. The van der Waals surface area contributed by atoms with E-state index in [1.807, 2.05) is 42.7 Å². The minimum absolute atomic E-state index is 0.741. The normalized spacial score (nSPS) is 10.8. The van der Waals surface area contributed by atoms with E-state index in [1.54, 1.807) is 0 Å². The molecule has 0 radical (unpaired) electrons. The van der Waals surface area contributed by atoms with Crippen molar-refractivity contribution in [2.45, 2.75) is 13.5 Å². The van der Waals surface area contributed by atoms with Gasteiger partial charge in [-0.25, -0.2) is 4.98 Å². The lowest BCUT2D eigenvalue weighted by molar-refractivity contribution is 0.802. The molecule has 3 rings (SSSR count). The molecular formula is C15H17N5. The van der Waals surface area contributed by atoms with E-state index in [0.29, 0.717) is 0 Å². The third-order valence-electron chi connectivity index (χ3n) is 3.30. The molecule has 0 aliphatic rings. The van der Waals surface area contributed by atoms with Crippen molar-refractivity contribution in [1.29, 1.82) is 0 Å². The van der Waals surface area contributed by atoms with Gasteiger partial charge < -0.3 is 15.6 Å². The average molecular weight is 267 g/mol. The topological polar surface area (TPSA) is 70.8 Å². The second-order valence-corrected chi connectivity index (χ2v) is 4.71. The van der Waals surface area contributed by atoms with Gasteiger partial charge in [0.2, 0.25) is 5.95 Å². The quantitative estimate of drug-likeness (QED) is 0.713. The van der Waals surface area contributed by atoms with E-state index in [1.165, 1.54) is 5.56 Å². The highest BCUT2D eigenvalue weighted by molar-refractivity contribution is 5.80. The molecule has 2 aromatic heterocycles. The average Bonchev–Trinajstić information content (AvgIpc) is 2.88. The monoisotopic (exact) mass is 267 g/mol. The molecule has 0 saturated carbocycles. The number of nitrogen functional groups attached to an aromatic ring is 1. The van der Waals surface area contributed by atoms with Crippen LogP contribution in [0.3, 0.4) is 0 Å². The maximum atomic E-state index is 5.80. The number of nitrogens with zero attached hydrogens (tertiary/aromatic N) is 3. The zero-order valence-corrected chi connectivity index (χ0v) is 11.4. The highest BCUT2D eigenvalue weighted by Gasteiger charge is 2.10. The number of aromatic amines is 1. The summed E-state index contributed by atoms with van der Waals surface area (Å²) in [5, 5.41) is 0. The molecule has 3 N–H and O–H groups in total. The van der Waals surface area contributed by atoms with Gasteiger partial charge in [-0.3, -0.25) is 4.98 Å². The Bertz CT molecular complexity index is 705. The highest BCUT2D eigenvalue weighted by Crippen LogP contribution is 2.20. The van der Waals surface area contributed by atoms with E-state index in [4.69, 9.17) is 5.73 Å². The Balaban J connectivity index is 1.91. The Hall–Kier alpha value is -2.56. The molecule has 0 spiro atoms. The van der Waals surface area contributed by atoms with Crippen molar-refractivity contribution < 1.29 is 0 Å². The maximum absolute atomic E-state index is 5.80. The third kappa shape index (κ3) is 2.42. The van der Waals surface area contributed by atoms with E-state index < -0.39 is 0 Å². The van der Waals surface area contributed by atoms with Crippen LogP contribution in [0.15, 0.2) is 42.7 Å². The van der Waals surface area contributed by atoms with Crippen molar-refractivity contribution in [2.24, 2.45) is 0 Å². The van der Waals surface area contributed by atoms with E-state index in [9.17, 15) is 0 Å². The Morgan fingerprint density at radius 2 is 2.00 bits per heavy atom. The van der Waals surface area contributed by atoms with Gasteiger partial charge in [0.1, 0.15) is 0 Å². The van der Waals surface area contributed by atoms with Gasteiger partial charge in [-0.1, -0.05) is 0 Å². The molecule has 1 aromatic carbocycles. The number of aromatic nitrogens is 3. The lowest BCUT2D eigenvalue weighted by atomic mass is 10.2. The summed E-state index contributed by atoms with van der Waals surface area (Å²) >= 11 is 0. The molecule has 0 aliphatic heterocycles. The van der Waals surface area contributed by atoms with Crippen LogP contribution in [0.5, 0.6) is 0 Å². The Morgan fingerprint density at radius 3 is 2.75 bits per heavy atom. The van der Waals surface area contributed by atoms with Gasteiger partial charge in [0.25, 0.3) is 0 Å². The van der Waals surface area contributed by atoms with E-state index in [-0.39, 0.29) is 0 Å². The van der Waals surface area contributed by atoms with Crippen molar-refractivity contribution in [3.8, 4) is 0 Å². The fourth-order valence-electron chi connectivity index (χ4n) is 2.21. The molecule has 0 bridgehead atoms. The zero-order chi connectivity index (χ0) is 13.9. The van der Waals surface area contributed by atoms with E-state index in [0.717, 1.165) is 35.8 Å². The predicted molar refractivity (Wildman–Crippen MR) is 81.5 cm³/mol. The Kier molecular flexibility index (Phi) is 3.25. The minimum atomic E-state index is 0.741. The summed E-state index contributed by atoms with van der Waals surface area (Å²) in [5.41, 5.74) is 9.65. The molecule has 0 aliphatic carbocycles. The third-order valence-corrected chi connectivity index (χ3v) is 3.30. The molecule has 0 unspecified atom stereocenters. The number of fused-ring (bicyclic) bond motifs is 1. The van der Waals surface area contributed by atoms with Crippen LogP contribution in [0.1, 0.15) is 12.5 Å². The lowest BCUT2D eigenvalue weighted by Gasteiger charge is -2.19. The van der Waals surface area contributed by atoms with Gasteiger partial charge in [-0.2, -0.15) is 0 Å². The molecule has 0 atom stereocenters. The summed E-state index contributed by atoms with van der Waals surface area (Å²) in [7, 11) is 0.